The van der Waals surface area contributed by atoms with Gasteiger partial charge in [0.25, 0.3) is 5.91 Å². The van der Waals surface area contributed by atoms with E-state index in [1.54, 1.807) is 6.07 Å². The lowest BCUT2D eigenvalue weighted by Crippen LogP contribution is -2.31. The number of carbonyl (C=O) groups is 2. The molecule has 1 aliphatic heterocycles. The number of carbonyl (C=O) groups excluding carboxylic acids is 2. The number of hydrogen-bond donors (Lipinski definition) is 1. The predicted octanol–water partition coefficient (Wildman–Crippen LogP) is 1.87. The highest BCUT2D eigenvalue weighted by Crippen LogP contribution is 2.22. The van der Waals surface area contributed by atoms with Gasteiger partial charge in [-0.3, -0.25) is 4.79 Å². The number of carboxylic acid groups (broad SMARTS) is 1. The summed E-state index contributed by atoms with van der Waals surface area (Å²) in [5.74, 6) is -2.05. The van der Waals surface area contributed by atoms with E-state index in [1.807, 2.05) is 0 Å². The minimum Gasteiger partial charge on any atom is -0.545 e. The van der Waals surface area contributed by atoms with Gasteiger partial charge in [-0.25, -0.2) is 8.42 Å². The van der Waals surface area contributed by atoms with Crippen LogP contribution in [-0.2, 0) is 10.0 Å². The second-order valence-electron chi connectivity index (χ2n) is 6.63. The number of amides is 1. The van der Waals surface area contributed by atoms with E-state index in [-0.39, 0.29) is 16.0 Å². The third-order valence-corrected chi connectivity index (χ3v) is 6.62. The topological polar surface area (TPSA) is 107 Å². The fraction of sp³-hybridized carbons (Fsp3) is 0.300. The van der Waals surface area contributed by atoms with E-state index < -0.39 is 21.9 Å². The maximum atomic E-state index is 12.8. The van der Waals surface area contributed by atoms with Gasteiger partial charge in [0.1, 0.15) is 0 Å². The van der Waals surface area contributed by atoms with Gasteiger partial charge in [0.2, 0.25) is 10.0 Å². The number of hydrogen-bond acceptors (Lipinski definition) is 5. The first-order valence-electron chi connectivity index (χ1n) is 9.11. The van der Waals surface area contributed by atoms with Crippen LogP contribution in [0.2, 0.25) is 0 Å². The maximum Gasteiger partial charge on any atom is 0.256 e. The summed E-state index contributed by atoms with van der Waals surface area (Å²) in [7, 11) is -3.57. The summed E-state index contributed by atoms with van der Waals surface area (Å²) in [4.78, 5) is 23.7. The van der Waals surface area contributed by atoms with E-state index >= 15 is 0 Å². The van der Waals surface area contributed by atoms with Crippen molar-refractivity contribution in [2.75, 3.05) is 18.4 Å². The van der Waals surface area contributed by atoms with Crippen LogP contribution in [-0.4, -0.2) is 37.7 Å². The minimum absolute atomic E-state index is 0.0243. The van der Waals surface area contributed by atoms with Crippen LogP contribution in [0.15, 0.2) is 53.4 Å². The summed E-state index contributed by atoms with van der Waals surface area (Å²) in [6.45, 7) is 1.03. The number of benzene rings is 2. The van der Waals surface area contributed by atoms with Crippen molar-refractivity contribution in [2.24, 2.45) is 0 Å². The summed E-state index contributed by atoms with van der Waals surface area (Å²) in [5.41, 5.74) is 0.136. The van der Waals surface area contributed by atoms with Crippen LogP contribution in [0.3, 0.4) is 0 Å². The van der Waals surface area contributed by atoms with Crippen molar-refractivity contribution < 1.29 is 23.1 Å². The number of anilines is 1. The SMILES string of the molecule is O=C([O-])c1ccccc1C(=O)Nc1ccc(S(=O)(=O)N2CCCCCC2)cc1. The van der Waals surface area contributed by atoms with Crippen LogP contribution in [0, 0.1) is 0 Å². The molecule has 3 rings (SSSR count). The first-order chi connectivity index (χ1) is 13.4. The Hall–Kier alpha value is -2.71. The smallest absolute Gasteiger partial charge is 0.256 e. The number of nitrogens with zero attached hydrogens (tertiary/aromatic N) is 1. The third-order valence-electron chi connectivity index (χ3n) is 4.71. The largest absolute Gasteiger partial charge is 0.545 e. The molecule has 1 amide bonds. The van der Waals surface area contributed by atoms with Crippen LogP contribution in [0.25, 0.3) is 0 Å². The highest BCUT2D eigenvalue weighted by Gasteiger charge is 2.25. The molecule has 1 saturated heterocycles. The lowest BCUT2D eigenvalue weighted by atomic mass is 10.1. The molecular weight excluding hydrogens is 380 g/mol. The Kier molecular flexibility index (Phi) is 6.11. The lowest BCUT2D eigenvalue weighted by Gasteiger charge is -2.20. The molecule has 1 heterocycles. The molecule has 0 unspecified atom stereocenters. The zero-order chi connectivity index (χ0) is 20.1. The number of sulfonamides is 1. The van der Waals surface area contributed by atoms with Crippen LogP contribution in [0.1, 0.15) is 46.4 Å². The van der Waals surface area contributed by atoms with E-state index in [4.69, 9.17) is 0 Å². The highest BCUT2D eigenvalue weighted by atomic mass is 32.2. The van der Waals surface area contributed by atoms with Gasteiger partial charge in [0.05, 0.1) is 10.9 Å². The molecule has 8 heteroatoms. The van der Waals surface area contributed by atoms with Crippen molar-refractivity contribution in [1.82, 2.24) is 4.31 Å². The van der Waals surface area contributed by atoms with Crippen LogP contribution in [0.5, 0.6) is 0 Å². The van der Waals surface area contributed by atoms with Crippen molar-refractivity contribution in [3.8, 4) is 0 Å². The van der Waals surface area contributed by atoms with Crippen molar-refractivity contribution in [3.05, 3.63) is 59.7 Å². The predicted molar refractivity (Wildman–Crippen MR) is 102 cm³/mol. The average Bonchev–Trinajstić information content (AvgIpc) is 2.98. The maximum absolute atomic E-state index is 12.8. The normalized spacial score (nSPS) is 15.6. The first kappa shape index (κ1) is 20.0. The van der Waals surface area contributed by atoms with E-state index in [1.165, 1.54) is 46.8 Å². The number of nitrogens with one attached hydrogen (secondary N) is 1. The molecular formula is C20H21N2O5S-. The summed E-state index contributed by atoms with van der Waals surface area (Å²) in [6.07, 6.45) is 3.77. The van der Waals surface area contributed by atoms with E-state index in [2.05, 4.69) is 5.32 Å². The molecule has 7 nitrogen and oxygen atoms in total. The molecule has 1 N–H and O–H groups in total. The Bertz CT molecular complexity index is 962. The lowest BCUT2D eigenvalue weighted by molar-refractivity contribution is -0.255. The van der Waals surface area contributed by atoms with E-state index in [9.17, 15) is 23.1 Å². The first-order valence-corrected chi connectivity index (χ1v) is 10.6. The Morgan fingerprint density at radius 1 is 0.857 bits per heavy atom. The van der Waals surface area contributed by atoms with Crippen molar-refractivity contribution >= 4 is 27.6 Å². The molecule has 2 aromatic carbocycles. The van der Waals surface area contributed by atoms with Crippen LogP contribution >= 0.6 is 0 Å². The van der Waals surface area contributed by atoms with Crippen molar-refractivity contribution in [1.29, 1.82) is 0 Å². The van der Waals surface area contributed by atoms with Gasteiger partial charge < -0.3 is 15.2 Å². The molecule has 0 saturated carbocycles. The quantitative estimate of drug-likeness (QED) is 0.823. The summed E-state index contributed by atoms with van der Waals surface area (Å²) in [6, 6.07) is 11.6. The van der Waals surface area contributed by atoms with Gasteiger partial charge in [-0.05, 0) is 43.2 Å². The van der Waals surface area contributed by atoms with Crippen LogP contribution in [0.4, 0.5) is 5.69 Å². The van der Waals surface area contributed by atoms with Gasteiger partial charge in [-0.1, -0.05) is 31.0 Å². The van der Waals surface area contributed by atoms with E-state index in [0.717, 1.165) is 25.7 Å². The van der Waals surface area contributed by atoms with Gasteiger partial charge >= 0.3 is 0 Å². The van der Waals surface area contributed by atoms with Crippen LogP contribution < -0.4 is 10.4 Å². The standard InChI is InChI=1S/C20H22N2O5S/c23-19(17-7-3-4-8-18(17)20(24)25)21-15-9-11-16(12-10-15)28(26,27)22-13-5-1-2-6-14-22/h3-4,7-12H,1-2,5-6,13-14H2,(H,21,23)(H,24,25)/p-1. The van der Waals surface area contributed by atoms with E-state index in [0.29, 0.717) is 18.8 Å². The van der Waals surface area contributed by atoms with Gasteiger partial charge in [-0.2, -0.15) is 4.31 Å². The fourth-order valence-corrected chi connectivity index (χ4v) is 4.72. The molecule has 0 aromatic heterocycles. The Morgan fingerprint density at radius 3 is 2.00 bits per heavy atom. The second kappa shape index (κ2) is 8.53. The molecule has 1 aliphatic rings. The molecule has 28 heavy (non-hydrogen) atoms. The number of carboxylic acids is 1. The summed E-state index contributed by atoms with van der Waals surface area (Å²) in [5, 5.41) is 13.7. The Balaban J connectivity index is 1.76. The second-order valence-corrected chi connectivity index (χ2v) is 8.57. The zero-order valence-corrected chi connectivity index (χ0v) is 16.1. The molecule has 148 valence electrons. The highest BCUT2D eigenvalue weighted by molar-refractivity contribution is 7.89. The Labute approximate surface area is 164 Å². The molecule has 0 atom stereocenters. The molecule has 0 aliphatic carbocycles. The Morgan fingerprint density at radius 2 is 1.43 bits per heavy atom. The zero-order valence-electron chi connectivity index (χ0n) is 15.3. The molecule has 1 fully saturated rings. The average molecular weight is 401 g/mol. The van der Waals surface area contributed by atoms with Crippen molar-refractivity contribution in [3.63, 3.8) is 0 Å². The molecule has 0 radical (unpaired) electrons. The molecule has 2 aromatic rings. The van der Waals surface area contributed by atoms with Crippen molar-refractivity contribution in [2.45, 2.75) is 30.6 Å². The monoisotopic (exact) mass is 401 g/mol. The minimum atomic E-state index is -3.57. The summed E-state index contributed by atoms with van der Waals surface area (Å²) >= 11 is 0. The van der Waals surface area contributed by atoms with Gasteiger partial charge in [-0.15, -0.1) is 0 Å². The van der Waals surface area contributed by atoms with Gasteiger partial charge in [0, 0.05) is 29.9 Å². The number of aromatic carboxylic acids is 1. The molecule has 0 bridgehead atoms. The fourth-order valence-electron chi connectivity index (χ4n) is 3.20. The summed E-state index contributed by atoms with van der Waals surface area (Å²) < 4.78 is 27.1. The molecule has 0 spiro atoms. The van der Waals surface area contributed by atoms with Gasteiger partial charge in [0.15, 0.2) is 0 Å². The number of rotatable bonds is 5. The third kappa shape index (κ3) is 4.40.